The van der Waals surface area contributed by atoms with Crippen LogP contribution in [0.2, 0.25) is 0 Å². The van der Waals surface area contributed by atoms with Gasteiger partial charge in [0.15, 0.2) is 0 Å². The van der Waals surface area contributed by atoms with E-state index in [1.165, 1.54) is 17.7 Å². The minimum atomic E-state index is 0.152. The van der Waals surface area contributed by atoms with Crippen LogP contribution < -0.4 is 10.6 Å². The van der Waals surface area contributed by atoms with Gasteiger partial charge in [0.05, 0.1) is 6.04 Å². The molecule has 88 valence electrons. The third-order valence-electron chi connectivity index (χ3n) is 2.86. The molecular formula is C12H18N2OS. The summed E-state index contributed by atoms with van der Waals surface area (Å²) in [5, 5.41) is 8.21. The number of rotatable bonds is 6. The highest BCUT2D eigenvalue weighted by Crippen LogP contribution is 2.42. The van der Waals surface area contributed by atoms with Gasteiger partial charge in [0.1, 0.15) is 0 Å². The number of nitrogens with one attached hydrogen (secondary N) is 2. The first-order valence-corrected chi connectivity index (χ1v) is 6.66. The minimum Gasteiger partial charge on any atom is -0.348 e. The molecular weight excluding hydrogens is 220 g/mol. The van der Waals surface area contributed by atoms with Crippen LogP contribution >= 0.6 is 11.3 Å². The van der Waals surface area contributed by atoms with E-state index in [9.17, 15) is 4.79 Å². The smallest absolute Gasteiger partial charge is 0.221 e. The molecule has 1 unspecified atom stereocenters. The van der Waals surface area contributed by atoms with Crippen molar-refractivity contribution >= 4 is 17.2 Å². The lowest BCUT2D eigenvalue weighted by molar-refractivity contribution is -0.121. The van der Waals surface area contributed by atoms with Crippen LogP contribution in [0.1, 0.15) is 30.2 Å². The molecule has 0 aromatic carbocycles. The number of amides is 1. The van der Waals surface area contributed by atoms with Gasteiger partial charge in [0.25, 0.3) is 0 Å². The Morgan fingerprint density at radius 2 is 2.44 bits per heavy atom. The normalized spacial score (nSPS) is 17.1. The first-order valence-electron chi connectivity index (χ1n) is 5.78. The fourth-order valence-electron chi connectivity index (χ4n) is 1.80. The molecule has 1 amide bonds. The van der Waals surface area contributed by atoms with E-state index in [1.807, 2.05) is 7.05 Å². The predicted molar refractivity (Wildman–Crippen MR) is 66.5 cm³/mol. The zero-order valence-corrected chi connectivity index (χ0v) is 10.3. The molecule has 1 aliphatic rings. The molecule has 0 radical (unpaired) electrons. The fraction of sp³-hybridized carbons (Fsp3) is 0.583. The van der Waals surface area contributed by atoms with E-state index in [1.54, 1.807) is 11.3 Å². The van der Waals surface area contributed by atoms with Crippen LogP contribution in [-0.4, -0.2) is 19.5 Å². The van der Waals surface area contributed by atoms with E-state index >= 15 is 0 Å². The van der Waals surface area contributed by atoms with Crippen LogP contribution in [0.25, 0.3) is 0 Å². The number of thiophene rings is 1. The topological polar surface area (TPSA) is 41.1 Å². The lowest BCUT2D eigenvalue weighted by Gasteiger charge is -2.16. The molecule has 1 fully saturated rings. The molecule has 1 heterocycles. The Labute approximate surface area is 100 Å². The lowest BCUT2D eigenvalue weighted by atomic mass is 10.1. The summed E-state index contributed by atoms with van der Waals surface area (Å²) in [5.41, 5.74) is 0. The minimum absolute atomic E-state index is 0.152. The molecule has 16 heavy (non-hydrogen) atoms. The van der Waals surface area contributed by atoms with Gasteiger partial charge in [-0.3, -0.25) is 4.79 Å². The van der Waals surface area contributed by atoms with Gasteiger partial charge in [-0.2, -0.15) is 0 Å². The summed E-state index contributed by atoms with van der Waals surface area (Å²) in [6.07, 6.45) is 3.05. The number of carbonyl (C=O) groups is 1. The van der Waals surface area contributed by atoms with E-state index in [-0.39, 0.29) is 11.9 Å². The summed E-state index contributed by atoms with van der Waals surface area (Å²) in [4.78, 5) is 13.0. The van der Waals surface area contributed by atoms with Crippen molar-refractivity contribution < 1.29 is 4.79 Å². The molecule has 0 bridgehead atoms. The lowest BCUT2D eigenvalue weighted by Crippen LogP contribution is -2.31. The van der Waals surface area contributed by atoms with Crippen molar-refractivity contribution in [1.29, 1.82) is 0 Å². The molecule has 4 heteroatoms. The van der Waals surface area contributed by atoms with Crippen molar-refractivity contribution in [3.8, 4) is 0 Å². The summed E-state index contributed by atoms with van der Waals surface area (Å²) in [6, 6.07) is 4.42. The number of hydrogen-bond acceptors (Lipinski definition) is 3. The Kier molecular flexibility index (Phi) is 3.96. The molecule has 1 aromatic heterocycles. The van der Waals surface area contributed by atoms with Gasteiger partial charge in [-0.1, -0.05) is 6.07 Å². The average molecular weight is 238 g/mol. The zero-order chi connectivity index (χ0) is 11.4. The quantitative estimate of drug-likeness (QED) is 0.795. The maximum Gasteiger partial charge on any atom is 0.221 e. The Morgan fingerprint density at radius 3 is 3.00 bits per heavy atom. The molecule has 0 saturated heterocycles. The highest BCUT2D eigenvalue weighted by Gasteiger charge is 2.33. The molecule has 1 saturated carbocycles. The van der Waals surface area contributed by atoms with Gasteiger partial charge >= 0.3 is 0 Å². The SMILES string of the molecule is CNCCC(=O)NC(c1cccs1)C1CC1. The molecule has 1 atom stereocenters. The summed E-state index contributed by atoms with van der Waals surface area (Å²) in [6.45, 7) is 0.744. The summed E-state index contributed by atoms with van der Waals surface area (Å²) in [5.74, 6) is 0.817. The summed E-state index contributed by atoms with van der Waals surface area (Å²) >= 11 is 1.73. The Bertz CT molecular complexity index is 333. The first-order chi connectivity index (χ1) is 7.81. The third-order valence-corrected chi connectivity index (χ3v) is 3.82. The second kappa shape index (κ2) is 5.46. The largest absolute Gasteiger partial charge is 0.348 e. The first kappa shape index (κ1) is 11.6. The van der Waals surface area contributed by atoms with Crippen molar-refractivity contribution in [2.24, 2.45) is 5.92 Å². The van der Waals surface area contributed by atoms with Crippen LogP contribution in [-0.2, 0) is 4.79 Å². The molecule has 2 N–H and O–H groups in total. The zero-order valence-electron chi connectivity index (χ0n) is 9.53. The Morgan fingerprint density at radius 1 is 1.62 bits per heavy atom. The van der Waals surface area contributed by atoms with Crippen LogP contribution in [0, 0.1) is 5.92 Å². The van der Waals surface area contributed by atoms with Crippen molar-refractivity contribution in [2.45, 2.75) is 25.3 Å². The summed E-state index contributed by atoms with van der Waals surface area (Å²) in [7, 11) is 1.87. The van der Waals surface area contributed by atoms with Gasteiger partial charge < -0.3 is 10.6 Å². The Hall–Kier alpha value is -0.870. The van der Waals surface area contributed by atoms with Crippen molar-refractivity contribution in [2.75, 3.05) is 13.6 Å². The second-order valence-electron chi connectivity index (χ2n) is 4.25. The fourth-order valence-corrected chi connectivity index (χ4v) is 2.67. The number of hydrogen-bond donors (Lipinski definition) is 2. The van der Waals surface area contributed by atoms with Gasteiger partial charge in [0.2, 0.25) is 5.91 Å². The van der Waals surface area contributed by atoms with Crippen LogP contribution in [0.15, 0.2) is 17.5 Å². The van der Waals surface area contributed by atoms with Crippen molar-refractivity contribution in [3.63, 3.8) is 0 Å². The van der Waals surface area contributed by atoms with Crippen LogP contribution in [0.5, 0.6) is 0 Å². The Balaban J connectivity index is 1.91. The molecule has 3 nitrogen and oxygen atoms in total. The maximum atomic E-state index is 11.7. The second-order valence-corrected chi connectivity index (χ2v) is 5.23. The van der Waals surface area contributed by atoms with Crippen molar-refractivity contribution in [1.82, 2.24) is 10.6 Å². The van der Waals surface area contributed by atoms with Crippen molar-refractivity contribution in [3.05, 3.63) is 22.4 Å². The van der Waals surface area contributed by atoms with E-state index < -0.39 is 0 Å². The van der Waals surface area contributed by atoms with Gasteiger partial charge in [0, 0.05) is 17.8 Å². The van der Waals surface area contributed by atoms with Gasteiger partial charge in [-0.15, -0.1) is 11.3 Å². The van der Waals surface area contributed by atoms with Crippen LogP contribution in [0.4, 0.5) is 0 Å². The van der Waals surface area contributed by atoms with Gasteiger partial charge in [-0.25, -0.2) is 0 Å². The molecule has 1 aliphatic carbocycles. The maximum absolute atomic E-state index is 11.7. The molecule has 0 spiro atoms. The predicted octanol–water partition coefficient (Wildman–Crippen LogP) is 1.92. The number of carbonyl (C=O) groups excluding carboxylic acids is 1. The van der Waals surface area contributed by atoms with E-state index in [0.29, 0.717) is 12.3 Å². The summed E-state index contributed by atoms with van der Waals surface area (Å²) < 4.78 is 0. The molecule has 2 rings (SSSR count). The van der Waals surface area contributed by atoms with E-state index in [2.05, 4.69) is 28.1 Å². The highest BCUT2D eigenvalue weighted by molar-refractivity contribution is 7.10. The third kappa shape index (κ3) is 3.06. The highest BCUT2D eigenvalue weighted by atomic mass is 32.1. The van der Waals surface area contributed by atoms with E-state index in [4.69, 9.17) is 0 Å². The monoisotopic (exact) mass is 238 g/mol. The standard InChI is InChI=1S/C12H18N2OS/c1-13-7-6-11(15)14-12(9-4-5-9)10-3-2-8-16-10/h2-3,8-9,12-13H,4-7H2,1H3,(H,14,15). The van der Waals surface area contributed by atoms with Gasteiger partial charge in [-0.05, 0) is 37.3 Å². The molecule has 1 aromatic rings. The van der Waals surface area contributed by atoms with Crippen LogP contribution in [0.3, 0.4) is 0 Å². The average Bonchev–Trinajstić information content (AvgIpc) is 2.98. The molecule has 0 aliphatic heterocycles. The van der Waals surface area contributed by atoms with E-state index in [0.717, 1.165) is 6.54 Å².